The van der Waals surface area contributed by atoms with Crippen LogP contribution >= 0.6 is 0 Å². The van der Waals surface area contributed by atoms with E-state index in [2.05, 4.69) is 156 Å². The molecule has 0 amide bonds. The zero-order chi connectivity index (χ0) is 33.7. The van der Waals surface area contributed by atoms with Gasteiger partial charge in [0.15, 0.2) is 0 Å². The first kappa shape index (κ1) is 29.4. The Kier molecular flexibility index (Phi) is 6.98. The zero-order valence-corrected chi connectivity index (χ0v) is 27.9. The molecule has 6 aromatic carbocycles. The average molecular weight is 659 g/mol. The van der Waals surface area contributed by atoms with Gasteiger partial charge in [-0.05, 0) is 65.6 Å². The Morgan fingerprint density at radius 2 is 1.27 bits per heavy atom. The van der Waals surface area contributed by atoms with E-state index in [9.17, 15) is 0 Å². The lowest BCUT2D eigenvalue weighted by Gasteiger charge is -2.24. The molecule has 2 aliphatic heterocycles. The maximum absolute atomic E-state index is 7.01. The maximum atomic E-state index is 7.01. The number of para-hydroxylation sites is 3. The fourth-order valence-corrected chi connectivity index (χ4v) is 7.81. The van der Waals surface area contributed by atoms with Crippen LogP contribution in [0, 0.1) is 0 Å². The lowest BCUT2D eigenvalue weighted by Crippen LogP contribution is -2.09. The standard InChI is InChI=1S/C47H34N2O2/c1-2-12-31(13-3-1)32-14-10-15-33(28-32)34-23-25-39-40-26-24-35(49-42-20-7-4-16-36(42)41-19-11-27-48-47(41)49)30-46(40)51-44-22-9-6-18-38(44)37-17-5-8-21-43(37)50-45(39)29-34/h1-26,29-30,32,48H,27-28H2. The Bertz CT molecular complexity index is 2570. The van der Waals surface area contributed by atoms with Gasteiger partial charge in [-0.25, -0.2) is 0 Å². The number of aromatic nitrogens is 1. The van der Waals surface area contributed by atoms with Gasteiger partial charge in [-0.1, -0.05) is 121 Å². The molecule has 3 heterocycles. The first-order valence-corrected chi connectivity index (χ1v) is 17.6. The molecule has 0 saturated heterocycles. The molecule has 7 aromatic rings. The van der Waals surface area contributed by atoms with Crippen molar-refractivity contribution in [3.63, 3.8) is 0 Å². The first-order chi connectivity index (χ1) is 25.3. The number of ether oxygens (including phenoxy) is 2. The van der Waals surface area contributed by atoms with Gasteiger partial charge in [0.2, 0.25) is 0 Å². The van der Waals surface area contributed by atoms with Crippen LogP contribution < -0.4 is 14.8 Å². The summed E-state index contributed by atoms with van der Waals surface area (Å²) in [6.45, 7) is 0.781. The second kappa shape index (κ2) is 12.1. The third-order valence-electron chi connectivity index (χ3n) is 10.3. The lowest BCUT2D eigenvalue weighted by molar-refractivity contribution is 0.472. The molecular weight excluding hydrogens is 625 g/mol. The van der Waals surface area contributed by atoms with Gasteiger partial charge in [0.05, 0.1) is 11.2 Å². The van der Waals surface area contributed by atoms with E-state index in [0.29, 0.717) is 5.92 Å². The van der Waals surface area contributed by atoms with E-state index in [0.717, 1.165) is 80.8 Å². The number of hydrogen-bond donors (Lipinski definition) is 1. The monoisotopic (exact) mass is 658 g/mol. The summed E-state index contributed by atoms with van der Waals surface area (Å²) >= 11 is 0. The summed E-state index contributed by atoms with van der Waals surface area (Å²) in [7, 11) is 0. The van der Waals surface area contributed by atoms with Crippen LogP contribution in [0.25, 0.3) is 50.5 Å². The van der Waals surface area contributed by atoms with Crippen molar-refractivity contribution in [2.75, 3.05) is 11.9 Å². The van der Waals surface area contributed by atoms with E-state index < -0.39 is 0 Å². The second-order valence-corrected chi connectivity index (χ2v) is 13.3. The number of nitrogens with zero attached hydrogens (tertiary/aromatic N) is 1. The lowest BCUT2D eigenvalue weighted by atomic mass is 9.85. The molecule has 1 unspecified atom stereocenters. The van der Waals surface area contributed by atoms with Gasteiger partial charge in [-0.2, -0.15) is 0 Å². The molecule has 4 nitrogen and oxygen atoms in total. The largest absolute Gasteiger partial charge is 0.456 e. The number of hydrogen-bond acceptors (Lipinski definition) is 3. The van der Waals surface area contributed by atoms with Crippen molar-refractivity contribution in [2.45, 2.75) is 12.3 Å². The average Bonchev–Trinajstić information content (AvgIpc) is 3.53. The van der Waals surface area contributed by atoms with E-state index >= 15 is 0 Å². The zero-order valence-electron chi connectivity index (χ0n) is 27.9. The van der Waals surface area contributed by atoms with Crippen LogP contribution in [0.4, 0.5) is 5.82 Å². The van der Waals surface area contributed by atoms with E-state index in [-0.39, 0.29) is 0 Å². The van der Waals surface area contributed by atoms with Crippen molar-refractivity contribution >= 4 is 28.4 Å². The second-order valence-electron chi connectivity index (χ2n) is 13.3. The fraction of sp³-hybridized carbons (Fsp3) is 0.0638. The van der Waals surface area contributed by atoms with Crippen molar-refractivity contribution in [1.29, 1.82) is 0 Å². The van der Waals surface area contributed by atoms with Crippen LogP contribution in [0.15, 0.2) is 164 Å². The molecule has 1 aliphatic carbocycles. The number of nitrogens with one attached hydrogen (secondary N) is 1. The van der Waals surface area contributed by atoms with Gasteiger partial charge in [-0.15, -0.1) is 0 Å². The van der Waals surface area contributed by atoms with Gasteiger partial charge >= 0.3 is 0 Å². The fourth-order valence-electron chi connectivity index (χ4n) is 7.81. The molecule has 0 spiro atoms. The van der Waals surface area contributed by atoms with Crippen LogP contribution in [0.2, 0.25) is 0 Å². The molecule has 0 radical (unpaired) electrons. The van der Waals surface area contributed by atoms with Gasteiger partial charge in [0.1, 0.15) is 28.8 Å². The summed E-state index contributed by atoms with van der Waals surface area (Å²) in [5.41, 5.74) is 11.0. The minimum atomic E-state index is 0.325. The molecule has 10 rings (SSSR count). The highest BCUT2D eigenvalue weighted by Gasteiger charge is 2.24. The molecule has 4 heteroatoms. The summed E-state index contributed by atoms with van der Waals surface area (Å²) in [5, 5.41) is 4.85. The number of anilines is 1. The predicted molar refractivity (Wildman–Crippen MR) is 209 cm³/mol. The van der Waals surface area contributed by atoms with E-state index in [1.165, 1.54) is 22.1 Å². The Morgan fingerprint density at radius 1 is 0.608 bits per heavy atom. The van der Waals surface area contributed by atoms with Gasteiger partial charge in [0, 0.05) is 51.7 Å². The topological polar surface area (TPSA) is 35.4 Å². The summed E-state index contributed by atoms with van der Waals surface area (Å²) in [6, 6.07) is 49.0. The van der Waals surface area contributed by atoms with Crippen molar-refractivity contribution in [2.24, 2.45) is 0 Å². The third kappa shape index (κ3) is 5.07. The van der Waals surface area contributed by atoms with Crippen LogP contribution in [-0.4, -0.2) is 11.1 Å². The number of rotatable bonds is 3. The van der Waals surface area contributed by atoms with E-state index in [4.69, 9.17) is 9.47 Å². The molecule has 0 saturated carbocycles. The van der Waals surface area contributed by atoms with Crippen LogP contribution in [0.1, 0.15) is 29.0 Å². The summed E-state index contributed by atoms with van der Waals surface area (Å²) in [4.78, 5) is 0. The van der Waals surface area contributed by atoms with Crippen molar-refractivity contribution in [3.05, 3.63) is 181 Å². The van der Waals surface area contributed by atoms with Gasteiger partial charge in [-0.3, -0.25) is 4.57 Å². The molecule has 1 atom stereocenters. The molecule has 51 heavy (non-hydrogen) atoms. The molecule has 244 valence electrons. The smallest absolute Gasteiger partial charge is 0.137 e. The third-order valence-corrected chi connectivity index (χ3v) is 10.3. The normalized spacial score (nSPS) is 15.5. The first-order valence-electron chi connectivity index (χ1n) is 17.6. The Hall–Kier alpha value is -6.52. The van der Waals surface area contributed by atoms with Crippen LogP contribution in [0.5, 0.6) is 23.0 Å². The minimum Gasteiger partial charge on any atom is -0.456 e. The Morgan fingerprint density at radius 3 is 2.08 bits per heavy atom. The van der Waals surface area contributed by atoms with Crippen molar-refractivity contribution in [1.82, 2.24) is 4.57 Å². The van der Waals surface area contributed by atoms with Crippen LogP contribution in [-0.2, 0) is 0 Å². The van der Waals surface area contributed by atoms with Crippen molar-refractivity contribution < 1.29 is 9.47 Å². The summed E-state index contributed by atoms with van der Waals surface area (Å²) < 4.78 is 16.3. The number of allylic oxidation sites excluding steroid dienone is 4. The highest BCUT2D eigenvalue weighted by Crippen LogP contribution is 2.49. The predicted octanol–water partition coefficient (Wildman–Crippen LogP) is 12.4. The molecule has 1 N–H and O–H groups in total. The summed E-state index contributed by atoms with van der Waals surface area (Å²) in [5.74, 6) is 4.53. The van der Waals surface area contributed by atoms with Crippen molar-refractivity contribution in [3.8, 4) is 50.9 Å². The van der Waals surface area contributed by atoms with Gasteiger partial charge < -0.3 is 14.8 Å². The molecule has 1 aromatic heterocycles. The van der Waals surface area contributed by atoms with Gasteiger partial charge in [0.25, 0.3) is 0 Å². The highest BCUT2D eigenvalue weighted by molar-refractivity contribution is 5.98. The van der Waals surface area contributed by atoms with Crippen LogP contribution in [0.3, 0.4) is 0 Å². The molecular formula is C47H34N2O2. The molecule has 0 fully saturated rings. The summed E-state index contributed by atoms with van der Waals surface area (Å²) in [6.07, 6.45) is 12.0. The Balaban J connectivity index is 1.15. The molecule has 3 aliphatic rings. The van der Waals surface area contributed by atoms with E-state index in [1.54, 1.807) is 0 Å². The number of fused-ring (bicyclic) bond motifs is 9. The Labute approximate surface area is 297 Å². The maximum Gasteiger partial charge on any atom is 0.137 e. The van der Waals surface area contributed by atoms with E-state index in [1.807, 2.05) is 24.3 Å². The highest BCUT2D eigenvalue weighted by atomic mass is 16.5. The number of benzene rings is 6. The minimum absolute atomic E-state index is 0.325. The molecule has 0 bridgehead atoms. The SMILES string of the molecule is C1=CC(c2ccccc2)CC(c2ccc3c(c2)Oc2ccccc2-c2ccccc2Oc2cc(-n4c5c(c6ccccc64)C=CCN5)ccc2-3)=C1. The quantitative estimate of drug-likeness (QED) is 0.205.